The molecule has 1 aromatic carbocycles. The third-order valence-corrected chi connectivity index (χ3v) is 5.65. The van der Waals surface area contributed by atoms with E-state index >= 15 is 0 Å². The maximum Gasteiger partial charge on any atom is 0.410 e. The van der Waals surface area contributed by atoms with E-state index in [9.17, 15) is 4.79 Å². The zero-order chi connectivity index (χ0) is 18.5. The van der Waals surface area contributed by atoms with E-state index in [4.69, 9.17) is 4.74 Å². The SMILES string of the molecule is Cc1ccc(C2OC(=O)N(CCCN3CCCCC3)C2CC(C)C)cc1. The van der Waals surface area contributed by atoms with Crippen LogP contribution in [0.5, 0.6) is 0 Å². The molecule has 0 aliphatic carbocycles. The molecule has 0 N–H and O–H groups in total. The minimum Gasteiger partial charge on any atom is -0.439 e. The predicted octanol–water partition coefficient (Wildman–Crippen LogP) is 4.78. The van der Waals surface area contributed by atoms with Crippen LogP contribution in [-0.2, 0) is 4.74 Å². The minimum absolute atomic E-state index is 0.138. The number of aryl methyl sites for hydroxylation is 1. The summed E-state index contributed by atoms with van der Waals surface area (Å²) >= 11 is 0. The van der Waals surface area contributed by atoms with E-state index in [0.717, 1.165) is 31.5 Å². The highest BCUT2D eigenvalue weighted by molar-refractivity contribution is 5.71. The highest BCUT2D eigenvalue weighted by atomic mass is 16.6. The van der Waals surface area contributed by atoms with Gasteiger partial charge in [0, 0.05) is 6.54 Å². The van der Waals surface area contributed by atoms with Crippen molar-refractivity contribution in [1.82, 2.24) is 9.80 Å². The molecule has 1 amide bonds. The van der Waals surface area contributed by atoms with Gasteiger partial charge in [0.2, 0.25) is 0 Å². The van der Waals surface area contributed by atoms with E-state index in [1.54, 1.807) is 0 Å². The molecule has 2 aliphatic heterocycles. The summed E-state index contributed by atoms with van der Waals surface area (Å²) in [4.78, 5) is 17.1. The Bertz CT molecular complexity index is 578. The lowest BCUT2D eigenvalue weighted by molar-refractivity contribution is 0.128. The number of rotatable bonds is 7. The first kappa shape index (κ1) is 19.2. The van der Waals surface area contributed by atoms with Crippen molar-refractivity contribution in [2.45, 2.75) is 65.0 Å². The molecule has 2 saturated heterocycles. The summed E-state index contributed by atoms with van der Waals surface area (Å²) in [6.45, 7) is 10.9. The fourth-order valence-electron chi connectivity index (χ4n) is 4.24. The Kier molecular flexibility index (Phi) is 6.58. The van der Waals surface area contributed by atoms with E-state index in [-0.39, 0.29) is 18.2 Å². The number of nitrogens with zero attached hydrogens (tertiary/aromatic N) is 2. The van der Waals surface area contributed by atoms with Crippen molar-refractivity contribution in [2.24, 2.45) is 5.92 Å². The Morgan fingerprint density at radius 3 is 2.42 bits per heavy atom. The molecular formula is C22H34N2O2. The van der Waals surface area contributed by atoms with Gasteiger partial charge in [-0.2, -0.15) is 0 Å². The molecule has 4 heteroatoms. The number of benzene rings is 1. The Hall–Kier alpha value is -1.55. The van der Waals surface area contributed by atoms with E-state index < -0.39 is 0 Å². The molecule has 0 spiro atoms. The minimum atomic E-state index is -0.139. The molecule has 2 aliphatic rings. The summed E-state index contributed by atoms with van der Waals surface area (Å²) in [7, 11) is 0. The number of carbonyl (C=O) groups excluding carboxylic acids is 1. The summed E-state index contributed by atoms with van der Waals surface area (Å²) in [6.07, 6.45) is 5.73. The van der Waals surface area contributed by atoms with Crippen LogP contribution in [0.4, 0.5) is 4.79 Å². The normalized spacial score (nSPS) is 24.3. The number of piperidine rings is 1. The number of amides is 1. The van der Waals surface area contributed by atoms with E-state index in [0.29, 0.717) is 5.92 Å². The summed E-state index contributed by atoms with van der Waals surface area (Å²) in [5.41, 5.74) is 2.35. The first-order chi connectivity index (χ1) is 12.5. The van der Waals surface area contributed by atoms with Crippen LogP contribution in [0, 0.1) is 12.8 Å². The molecule has 4 nitrogen and oxygen atoms in total. The van der Waals surface area contributed by atoms with E-state index in [1.165, 1.54) is 37.9 Å². The molecule has 2 fully saturated rings. The standard InChI is InChI=1S/C22H34N2O2/c1-17(2)16-20-21(19-10-8-18(3)9-11-19)26-22(25)24(20)15-7-14-23-12-5-4-6-13-23/h8-11,17,20-21H,4-7,12-16H2,1-3H3. The van der Waals surface area contributed by atoms with Crippen molar-refractivity contribution < 1.29 is 9.53 Å². The lowest BCUT2D eigenvalue weighted by Gasteiger charge is -2.29. The first-order valence-electron chi connectivity index (χ1n) is 10.3. The summed E-state index contributed by atoms with van der Waals surface area (Å²) in [6, 6.07) is 8.57. The van der Waals surface area contributed by atoms with Gasteiger partial charge in [-0.15, -0.1) is 0 Å². The molecule has 0 bridgehead atoms. The number of ether oxygens (including phenoxy) is 1. The molecular weight excluding hydrogens is 324 g/mol. The van der Waals surface area contributed by atoms with Gasteiger partial charge in [-0.3, -0.25) is 0 Å². The largest absolute Gasteiger partial charge is 0.439 e. The second-order valence-corrected chi connectivity index (χ2v) is 8.36. The maximum atomic E-state index is 12.6. The lowest BCUT2D eigenvalue weighted by Crippen LogP contribution is -2.38. The van der Waals surface area contributed by atoms with Gasteiger partial charge >= 0.3 is 6.09 Å². The van der Waals surface area contributed by atoms with Gasteiger partial charge in [0.1, 0.15) is 6.10 Å². The Morgan fingerprint density at radius 1 is 1.08 bits per heavy atom. The van der Waals surface area contributed by atoms with Crippen LogP contribution < -0.4 is 0 Å². The molecule has 26 heavy (non-hydrogen) atoms. The van der Waals surface area contributed by atoms with E-state index in [1.807, 2.05) is 4.90 Å². The molecule has 3 rings (SSSR count). The molecule has 2 atom stereocenters. The van der Waals surface area contributed by atoms with Crippen molar-refractivity contribution >= 4 is 6.09 Å². The lowest BCUT2D eigenvalue weighted by atomic mass is 9.93. The Labute approximate surface area is 158 Å². The number of hydrogen-bond acceptors (Lipinski definition) is 3. The van der Waals surface area contributed by atoms with Crippen molar-refractivity contribution in [3.8, 4) is 0 Å². The van der Waals surface area contributed by atoms with Gasteiger partial charge in [-0.1, -0.05) is 50.1 Å². The van der Waals surface area contributed by atoms with Crippen molar-refractivity contribution in [3.63, 3.8) is 0 Å². The predicted molar refractivity (Wildman–Crippen MR) is 105 cm³/mol. The van der Waals surface area contributed by atoms with Crippen LogP contribution in [0.15, 0.2) is 24.3 Å². The van der Waals surface area contributed by atoms with E-state index in [2.05, 4.69) is 49.9 Å². The first-order valence-corrected chi connectivity index (χ1v) is 10.3. The van der Waals surface area contributed by atoms with Gasteiger partial charge in [0.15, 0.2) is 0 Å². The molecule has 2 unspecified atom stereocenters. The molecule has 2 heterocycles. The molecule has 0 saturated carbocycles. The van der Waals surface area contributed by atoms with Crippen molar-refractivity contribution in [1.29, 1.82) is 0 Å². The fourth-order valence-corrected chi connectivity index (χ4v) is 4.24. The molecule has 144 valence electrons. The highest BCUT2D eigenvalue weighted by Crippen LogP contribution is 2.36. The maximum absolute atomic E-state index is 12.6. The van der Waals surface area contributed by atoms with Gasteiger partial charge in [0.25, 0.3) is 0 Å². The van der Waals surface area contributed by atoms with Gasteiger partial charge in [0.05, 0.1) is 6.04 Å². The average molecular weight is 359 g/mol. The van der Waals surface area contributed by atoms with Crippen LogP contribution in [0.2, 0.25) is 0 Å². The van der Waals surface area contributed by atoms with Crippen molar-refractivity contribution in [2.75, 3.05) is 26.2 Å². The van der Waals surface area contributed by atoms with Gasteiger partial charge in [-0.05, 0) is 63.7 Å². The van der Waals surface area contributed by atoms with Crippen LogP contribution in [0.1, 0.15) is 63.2 Å². The number of carbonyl (C=O) groups is 1. The second kappa shape index (κ2) is 8.90. The third kappa shape index (κ3) is 4.79. The summed E-state index contributed by atoms with van der Waals surface area (Å²) in [5, 5.41) is 0. The van der Waals surface area contributed by atoms with Crippen LogP contribution in [-0.4, -0.2) is 48.1 Å². The highest BCUT2D eigenvalue weighted by Gasteiger charge is 2.42. The smallest absolute Gasteiger partial charge is 0.410 e. The average Bonchev–Trinajstić information content (AvgIpc) is 2.92. The van der Waals surface area contributed by atoms with Crippen LogP contribution >= 0.6 is 0 Å². The Balaban J connectivity index is 1.64. The zero-order valence-electron chi connectivity index (χ0n) is 16.6. The molecule has 1 aromatic rings. The van der Waals surface area contributed by atoms with Gasteiger partial charge in [-0.25, -0.2) is 4.79 Å². The number of hydrogen-bond donors (Lipinski definition) is 0. The third-order valence-electron chi connectivity index (χ3n) is 5.65. The van der Waals surface area contributed by atoms with Gasteiger partial charge < -0.3 is 14.5 Å². The number of cyclic esters (lactones) is 1. The summed E-state index contributed by atoms with van der Waals surface area (Å²) < 4.78 is 5.83. The zero-order valence-corrected chi connectivity index (χ0v) is 16.6. The monoisotopic (exact) mass is 358 g/mol. The second-order valence-electron chi connectivity index (χ2n) is 8.36. The molecule has 0 aromatic heterocycles. The quantitative estimate of drug-likeness (QED) is 0.703. The van der Waals surface area contributed by atoms with Crippen LogP contribution in [0.3, 0.4) is 0 Å². The van der Waals surface area contributed by atoms with Crippen LogP contribution in [0.25, 0.3) is 0 Å². The summed E-state index contributed by atoms with van der Waals surface area (Å²) in [5.74, 6) is 0.534. The topological polar surface area (TPSA) is 32.8 Å². The number of likely N-dealkylation sites (tertiary alicyclic amines) is 1. The Morgan fingerprint density at radius 2 is 1.77 bits per heavy atom. The van der Waals surface area contributed by atoms with Crippen molar-refractivity contribution in [3.05, 3.63) is 35.4 Å². The molecule has 0 radical (unpaired) electrons. The fraction of sp³-hybridized carbons (Fsp3) is 0.682.